The Balaban J connectivity index is 2.10. The van der Waals surface area contributed by atoms with Gasteiger partial charge >= 0.3 is 0 Å². The number of oxime groups is 1. The summed E-state index contributed by atoms with van der Waals surface area (Å²) >= 11 is 0. The minimum Gasteiger partial charge on any atom is -0.390 e. The molecule has 2 rings (SSSR count). The van der Waals surface area contributed by atoms with Gasteiger partial charge < -0.3 is 14.7 Å². The second kappa shape index (κ2) is 2.21. The van der Waals surface area contributed by atoms with Crippen molar-refractivity contribution in [2.75, 3.05) is 19.8 Å². The van der Waals surface area contributed by atoms with Crippen molar-refractivity contribution in [1.29, 1.82) is 0 Å². The van der Waals surface area contributed by atoms with E-state index in [-0.39, 0.29) is 18.6 Å². The highest BCUT2D eigenvalue weighted by molar-refractivity contribution is 5.89. The Morgan fingerprint density at radius 3 is 3.30 bits per heavy atom. The van der Waals surface area contributed by atoms with Crippen molar-refractivity contribution in [3.05, 3.63) is 0 Å². The minimum atomic E-state index is -0.00940. The summed E-state index contributed by atoms with van der Waals surface area (Å²) in [6, 6.07) is 0. The summed E-state index contributed by atoms with van der Waals surface area (Å²) in [6.07, 6.45) is 0.0714. The zero-order valence-corrected chi connectivity index (χ0v) is 5.49. The Bertz CT molecular complexity index is 168. The average molecular weight is 143 g/mol. The maximum Gasteiger partial charge on any atom is 0.161 e. The van der Waals surface area contributed by atoms with Gasteiger partial charge in [-0.1, -0.05) is 5.16 Å². The largest absolute Gasteiger partial charge is 0.390 e. The average Bonchev–Trinajstić information content (AvgIpc) is 2.44. The fourth-order valence-electron chi connectivity index (χ4n) is 1.30. The topological polar surface area (TPSA) is 51.1 Å². The molecular formula is C6H9NO3. The number of nitrogens with zero attached hydrogens (tertiary/aromatic N) is 1. The summed E-state index contributed by atoms with van der Waals surface area (Å²) in [7, 11) is 0. The van der Waals surface area contributed by atoms with Gasteiger partial charge in [0.05, 0.1) is 31.5 Å². The van der Waals surface area contributed by atoms with Crippen LogP contribution in [-0.4, -0.2) is 36.7 Å². The lowest BCUT2D eigenvalue weighted by Gasteiger charge is -2.02. The Hall–Kier alpha value is -0.610. The normalized spacial score (nSPS) is 37.1. The van der Waals surface area contributed by atoms with Gasteiger partial charge in [0.15, 0.2) is 6.10 Å². The maximum absolute atomic E-state index is 8.75. The van der Waals surface area contributed by atoms with E-state index in [1.165, 1.54) is 0 Å². The molecule has 2 aliphatic rings. The van der Waals surface area contributed by atoms with Gasteiger partial charge in [0, 0.05) is 0 Å². The number of ether oxygens (including phenoxy) is 1. The van der Waals surface area contributed by atoms with Crippen molar-refractivity contribution in [1.82, 2.24) is 0 Å². The Morgan fingerprint density at radius 2 is 2.50 bits per heavy atom. The number of fused-ring (bicyclic) bond motifs is 1. The van der Waals surface area contributed by atoms with Crippen molar-refractivity contribution in [3.63, 3.8) is 0 Å². The van der Waals surface area contributed by atoms with E-state index in [4.69, 9.17) is 14.7 Å². The molecule has 2 heterocycles. The van der Waals surface area contributed by atoms with E-state index in [0.717, 1.165) is 5.71 Å². The second-order valence-electron chi connectivity index (χ2n) is 2.53. The molecule has 0 saturated carbocycles. The second-order valence-corrected chi connectivity index (χ2v) is 2.53. The van der Waals surface area contributed by atoms with Crippen LogP contribution in [-0.2, 0) is 9.57 Å². The summed E-state index contributed by atoms with van der Waals surface area (Å²) in [5.41, 5.74) is 0.725. The number of aliphatic hydroxyl groups is 1. The lowest BCUT2D eigenvalue weighted by atomic mass is 10.0. The highest BCUT2D eigenvalue weighted by Gasteiger charge is 2.38. The quantitative estimate of drug-likeness (QED) is 0.532. The zero-order valence-electron chi connectivity index (χ0n) is 5.49. The number of rotatable bonds is 1. The number of hydrogen-bond donors (Lipinski definition) is 1. The summed E-state index contributed by atoms with van der Waals surface area (Å²) in [5, 5.41) is 12.5. The third kappa shape index (κ3) is 0.726. The molecule has 2 unspecified atom stereocenters. The van der Waals surface area contributed by atoms with Gasteiger partial charge in [-0.2, -0.15) is 0 Å². The molecule has 10 heavy (non-hydrogen) atoms. The molecule has 4 heteroatoms. The first-order valence-electron chi connectivity index (χ1n) is 3.33. The lowest BCUT2D eigenvalue weighted by Crippen LogP contribution is -2.23. The van der Waals surface area contributed by atoms with Gasteiger partial charge in [0.2, 0.25) is 0 Å². The van der Waals surface area contributed by atoms with Crippen molar-refractivity contribution in [2.45, 2.75) is 6.10 Å². The number of aliphatic hydroxyl groups excluding tert-OH is 1. The Kier molecular flexibility index (Phi) is 1.35. The third-order valence-electron chi connectivity index (χ3n) is 1.92. The fourth-order valence-corrected chi connectivity index (χ4v) is 1.30. The van der Waals surface area contributed by atoms with Gasteiger partial charge in [-0.05, 0) is 0 Å². The van der Waals surface area contributed by atoms with Gasteiger partial charge in [-0.15, -0.1) is 0 Å². The SMILES string of the molecule is OCC1=NOC2COCC12. The highest BCUT2D eigenvalue weighted by atomic mass is 16.7. The van der Waals surface area contributed by atoms with Crippen LogP contribution in [0.5, 0.6) is 0 Å². The van der Waals surface area contributed by atoms with Crippen LogP contribution in [0.2, 0.25) is 0 Å². The van der Waals surface area contributed by atoms with E-state index in [0.29, 0.717) is 13.2 Å². The van der Waals surface area contributed by atoms with Crippen LogP contribution >= 0.6 is 0 Å². The maximum atomic E-state index is 8.75. The smallest absolute Gasteiger partial charge is 0.161 e. The lowest BCUT2D eigenvalue weighted by molar-refractivity contribution is 0.0557. The van der Waals surface area contributed by atoms with Crippen molar-refractivity contribution >= 4 is 5.71 Å². The van der Waals surface area contributed by atoms with E-state index < -0.39 is 0 Å². The highest BCUT2D eigenvalue weighted by Crippen LogP contribution is 2.24. The van der Waals surface area contributed by atoms with Gasteiger partial charge in [-0.25, -0.2) is 0 Å². The van der Waals surface area contributed by atoms with Gasteiger partial charge in [0.1, 0.15) is 0 Å². The fraction of sp³-hybridized carbons (Fsp3) is 0.833. The molecule has 0 bridgehead atoms. The minimum absolute atomic E-state index is 0.00940. The van der Waals surface area contributed by atoms with E-state index >= 15 is 0 Å². The molecule has 0 aromatic carbocycles. The molecule has 0 aromatic heterocycles. The molecule has 4 nitrogen and oxygen atoms in total. The van der Waals surface area contributed by atoms with Crippen LogP contribution in [0.4, 0.5) is 0 Å². The standard InChI is InChI=1S/C6H9NO3/c8-1-5-4-2-9-3-6(4)10-7-5/h4,6,8H,1-3H2. The molecular weight excluding hydrogens is 134 g/mol. The van der Waals surface area contributed by atoms with Crippen LogP contribution in [0.15, 0.2) is 5.16 Å². The third-order valence-corrected chi connectivity index (χ3v) is 1.92. The van der Waals surface area contributed by atoms with Gasteiger partial charge in [-0.3, -0.25) is 0 Å². The van der Waals surface area contributed by atoms with Crippen LogP contribution < -0.4 is 0 Å². The van der Waals surface area contributed by atoms with Crippen LogP contribution in [0.25, 0.3) is 0 Å². The predicted molar refractivity (Wildman–Crippen MR) is 33.7 cm³/mol. The molecule has 2 atom stereocenters. The monoisotopic (exact) mass is 143 g/mol. The Labute approximate surface area is 58.4 Å². The first kappa shape index (κ1) is 6.12. The molecule has 1 saturated heterocycles. The molecule has 0 radical (unpaired) electrons. The number of hydrogen-bond acceptors (Lipinski definition) is 4. The molecule has 0 aliphatic carbocycles. The molecule has 0 spiro atoms. The van der Waals surface area contributed by atoms with E-state index in [2.05, 4.69) is 5.16 Å². The molecule has 1 N–H and O–H groups in total. The first-order valence-corrected chi connectivity index (χ1v) is 3.33. The Morgan fingerprint density at radius 1 is 1.60 bits per heavy atom. The van der Waals surface area contributed by atoms with E-state index in [9.17, 15) is 0 Å². The van der Waals surface area contributed by atoms with Crippen LogP contribution in [0.3, 0.4) is 0 Å². The first-order chi connectivity index (χ1) is 4.92. The summed E-state index contributed by atoms with van der Waals surface area (Å²) in [5.74, 6) is 0.213. The molecule has 0 amide bonds. The van der Waals surface area contributed by atoms with Gasteiger partial charge in [0.25, 0.3) is 0 Å². The van der Waals surface area contributed by atoms with Crippen LogP contribution in [0.1, 0.15) is 0 Å². The zero-order chi connectivity index (χ0) is 6.97. The van der Waals surface area contributed by atoms with Crippen molar-refractivity contribution in [3.8, 4) is 0 Å². The van der Waals surface area contributed by atoms with Crippen molar-refractivity contribution in [2.24, 2.45) is 11.1 Å². The van der Waals surface area contributed by atoms with E-state index in [1.54, 1.807) is 0 Å². The summed E-state index contributed by atoms with van der Waals surface area (Å²) in [6.45, 7) is 1.24. The summed E-state index contributed by atoms with van der Waals surface area (Å²) in [4.78, 5) is 4.98. The molecule has 2 aliphatic heterocycles. The van der Waals surface area contributed by atoms with E-state index in [1.807, 2.05) is 0 Å². The van der Waals surface area contributed by atoms with Crippen molar-refractivity contribution < 1.29 is 14.7 Å². The molecule has 56 valence electrons. The molecule has 0 aromatic rings. The summed E-state index contributed by atoms with van der Waals surface area (Å²) < 4.78 is 5.13. The molecule has 1 fully saturated rings. The van der Waals surface area contributed by atoms with Crippen LogP contribution in [0, 0.1) is 5.92 Å². The predicted octanol–water partition coefficient (Wildman–Crippen LogP) is -0.620.